The molecular weight excluding hydrogens is 278 g/mol. The van der Waals surface area contributed by atoms with Crippen LogP contribution in [0.3, 0.4) is 0 Å². The lowest BCUT2D eigenvalue weighted by atomic mass is 10.1. The number of halogens is 2. The van der Waals surface area contributed by atoms with Crippen LogP contribution in [0.1, 0.15) is 24.2 Å². The average molecular weight is 294 g/mol. The van der Waals surface area contributed by atoms with E-state index in [2.05, 4.69) is 15.7 Å². The zero-order valence-corrected chi connectivity index (χ0v) is 11.9. The molecule has 112 valence electrons. The van der Waals surface area contributed by atoms with Crippen LogP contribution in [-0.2, 0) is 7.05 Å². The molecule has 5 nitrogen and oxygen atoms in total. The Morgan fingerprint density at radius 3 is 2.67 bits per heavy atom. The van der Waals surface area contributed by atoms with Crippen LogP contribution in [0.5, 0.6) is 0 Å². The van der Waals surface area contributed by atoms with E-state index in [1.54, 1.807) is 24.9 Å². The van der Waals surface area contributed by atoms with Crippen LogP contribution < -0.4 is 10.6 Å². The number of anilines is 1. The molecule has 1 aromatic heterocycles. The summed E-state index contributed by atoms with van der Waals surface area (Å²) in [7, 11) is 1.81. The fourth-order valence-electron chi connectivity index (χ4n) is 1.96. The smallest absolute Gasteiger partial charge is 0.319 e. The molecule has 1 atom stereocenters. The van der Waals surface area contributed by atoms with Gasteiger partial charge in [-0.25, -0.2) is 13.6 Å². The van der Waals surface area contributed by atoms with Gasteiger partial charge in [0.05, 0.1) is 17.9 Å². The number of nitrogens with one attached hydrogen (secondary N) is 2. The van der Waals surface area contributed by atoms with Crippen LogP contribution in [0, 0.1) is 18.6 Å². The summed E-state index contributed by atoms with van der Waals surface area (Å²) < 4.78 is 27.9. The van der Waals surface area contributed by atoms with Gasteiger partial charge in [0.25, 0.3) is 0 Å². The van der Waals surface area contributed by atoms with Crippen molar-refractivity contribution in [1.29, 1.82) is 0 Å². The Morgan fingerprint density at radius 2 is 2.10 bits per heavy atom. The quantitative estimate of drug-likeness (QED) is 0.914. The molecule has 1 heterocycles. The third-order valence-electron chi connectivity index (χ3n) is 3.27. The number of hydrogen-bond donors (Lipinski definition) is 2. The van der Waals surface area contributed by atoms with Gasteiger partial charge in [0.1, 0.15) is 11.6 Å². The highest BCUT2D eigenvalue weighted by atomic mass is 19.1. The lowest BCUT2D eigenvalue weighted by Crippen LogP contribution is -2.31. The first kappa shape index (κ1) is 15.0. The third kappa shape index (κ3) is 3.36. The van der Waals surface area contributed by atoms with Crippen molar-refractivity contribution in [3.05, 3.63) is 47.3 Å². The van der Waals surface area contributed by atoms with Crippen LogP contribution in [0.4, 0.5) is 19.3 Å². The Kier molecular flexibility index (Phi) is 4.21. The van der Waals surface area contributed by atoms with Crippen LogP contribution in [0.25, 0.3) is 0 Å². The number of aryl methyl sites for hydroxylation is 1. The maximum Gasteiger partial charge on any atom is 0.319 e. The van der Waals surface area contributed by atoms with Crippen LogP contribution in [0.15, 0.2) is 24.4 Å². The molecule has 0 unspecified atom stereocenters. The molecule has 2 aromatic rings. The van der Waals surface area contributed by atoms with E-state index in [0.29, 0.717) is 6.07 Å². The van der Waals surface area contributed by atoms with Gasteiger partial charge in [-0.05, 0) is 26.0 Å². The number of rotatable bonds is 3. The maximum atomic E-state index is 13.4. The highest BCUT2D eigenvalue weighted by molar-refractivity contribution is 5.89. The minimum atomic E-state index is -0.824. The zero-order chi connectivity index (χ0) is 15.6. The van der Waals surface area contributed by atoms with Gasteiger partial charge in [-0.3, -0.25) is 4.68 Å². The molecule has 0 saturated carbocycles. The molecule has 0 bridgehead atoms. The number of carbonyl (C=O) groups excluding carboxylic acids is 1. The molecule has 2 rings (SSSR count). The van der Waals surface area contributed by atoms with E-state index in [0.717, 1.165) is 17.3 Å². The van der Waals surface area contributed by atoms with Gasteiger partial charge in [0.2, 0.25) is 0 Å². The lowest BCUT2D eigenvalue weighted by molar-refractivity contribution is 0.249. The Bertz CT molecular complexity index is 669. The fraction of sp³-hybridized carbons (Fsp3) is 0.286. The molecule has 0 aliphatic carbocycles. The maximum absolute atomic E-state index is 13.4. The summed E-state index contributed by atoms with van der Waals surface area (Å²) in [6.07, 6.45) is 1.67. The van der Waals surface area contributed by atoms with Crippen molar-refractivity contribution in [2.45, 2.75) is 19.9 Å². The van der Waals surface area contributed by atoms with Gasteiger partial charge in [0.15, 0.2) is 0 Å². The minimum absolute atomic E-state index is 0.0796. The van der Waals surface area contributed by atoms with Crippen molar-refractivity contribution in [2.75, 3.05) is 5.32 Å². The molecule has 0 saturated heterocycles. The molecule has 7 heteroatoms. The number of amides is 2. The number of hydrogen-bond acceptors (Lipinski definition) is 2. The molecule has 2 N–H and O–H groups in total. The monoisotopic (exact) mass is 294 g/mol. The zero-order valence-electron chi connectivity index (χ0n) is 11.9. The second-order valence-corrected chi connectivity index (χ2v) is 4.75. The van der Waals surface area contributed by atoms with E-state index in [1.807, 2.05) is 6.92 Å². The van der Waals surface area contributed by atoms with Gasteiger partial charge in [-0.1, -0.05) is 0 Å². The normalized spacial score (nSPS) is 12.0. The Morgan fingerprint density at radius 1 is 1.38 bits per heavy atom. The SMILES string of the molecule is Cc1c([C@H](C)NC(=O)Nc2ccc(F)cc2F)cnn1C. The largest absolute Gasteiger partial charge is 0.331 e. The van der Waals surface area contributed by atoms with Gasteiger partial charge < -0.3 is 10.6 Å². The topological polar surface area (TPSA) is 59.0 Å². The molecule has 0 aliphatic rings. The number of nitrogens with zero attached hydrogens (tertiary/aromatic N) is 2. The number of urea groups is 1. The first-order valence-electron chi connectivity index (χ1n) is 6.39. The van der Waals surface area contributed by atoms with E-state index in [4.69, 9.17) is 0 Å². The predicted molar refractivity (Wildman–Crippen MR) is 74.9 cm³/mol. The first-order valence-corrected chi connectivity index (χ1v) is 6.39. The summed E-state index contributed by atoms with van der Waals surface area (Å²) in [5.74, 6) is -1.52. The molecule has 0 fully saturated rings. The van der Waals surface area contributed by atoms with Crippen molar-refractivity contribution in [3.8, 4) is 0 Å². The standard InChI is InChI=1S/C14H16F2N4O/c1-8(11-7-17-20(3)9(11)2)18-14(21)19-13-5-4-10(15)6-12(13)16/h4-8H,1-3H3,(H2,18,19,21)/t8-/m0/s1. The highest BCUT2D eigenvalue weighted by Crippen LogP contribution is 2.17. The second-order valence-electron chi connectivity index (χ2n) is 4.75. The summed E-state index contributed by atoms with van der Waals surface area (Å²) in [6, 6.07) is 2.10. The molecule has 21 heavy (non-hydrogen) atoms. The van der Waals surface area contributed by atoms with Gasteiger partial charge in [-0.2, -0.15) is 5.10 Å². The molecule has 0 aliphatic heterocycles. The summed E-state index contributed by atoms with van der Waals surface area (Å²) in [6.45, 7) is 3.68. The second kappa shape index (κ2) is 5.90. The average Bonchev–Trinajstić information content (AvgIpc) is 2.73. The van der Waals surface area contributed by atoms with Crippen LogP contribution in [-0.4, -0.2) is 15.8 Å². The number of benzene rings is 1. The van der Waals surface area contributed by atoms with E-state index in [-0.39, 0.29) is 11.7 Å². The first-order chi connectivity index (χ1) is 9.88. The summed E-state index contributed by atoms with van der Waals surface area (Å²) in [5.41, 5.74) is 1.71. The fourth-order valence-corrected chi connectivity index (χ4v) is 1.96. The van der Waals surface area contributed by atoms with E-state index in [1.165, 1.54) is 6.07 Å². The third-order valence-corrected chi connectivity index (χ3v) is 3.27. The number of aromatic nitrogens is 2. The van der Waals surface area contributed by atoms with Gasteiger partial charge in [0, 0.05) is 24.4 Å². The number of carbonyl (C=O) groups is 1. The van der Waals surface area contributed by atoms with Crippen molar-refractivity contribution < 1.29 is 13.6 Å². The van der Waals surface area contributed by atoms with Crippen molar-refractivity contribution in [2.24, 2.45) is 7.05 Å². The predicted octanol–water partition coefficient (Wildman–Crippen LogP) is 2.89. The molecule has 0 radical (unpaired) electrons. The lowest BCUT2D eigenvalue weighted by Gasteiger charge is -2.15. The summed E-state index contributed by atoms with van der Waals surface area (Å²) >= 11 is 0. The van der Waals surface area contributed by atoms with E-state index >= 15 is 0 Å². The van der Waals surface area contributed by atoms with Crippen LogP contribution >= 0.6 is 0 Å². The van der Waals surface area contributed by atoms with E-state index < -0.39 is 17.7 Å². The van der Waals surface area contributed by atoms with Gasteiger partial charge in [-0.15, -0.1) is 0 Å². The Labute approximate surface area is 121 Å². The highest BCUT2D eigenvalue weighted by Gasteiger charge is 2.15. The molecular formula is C14H16F2N4O. The summed E-state index contributed by atoms with van der Waals surface area (Å²) in [5, 5.41) is 9.12. The summed E-state index contributed by atoms with van der Waals surface area (Å²) in [4.78, 5) is 11.8. The van der Waals surface area contributed by atoms with Crippen molar-refractivity contribution in [3.63, 3.8) is 0 Å². The molecule has 0 spiro atoms. The Balaban J connectivity index is 2.03. The van der Waals surface area contributed by atoms with Crippen molar-refractivity contribution in [1.82, 2.24) is 15.1 Å². The van der Waals surface area contributed by atoms with E-state index in [9.17, 15) is 13.6 Å². The minimum Gasteiger partial charge on any atom is -0.331 e. The molecule has 2 amide bonds. The van der Waals surface area contributed by atoms with Crippen LogP contribution in [0.2, 0.25) is 0 Å². The van der Waals surface area contributed by atoms with Crippen molar-refractivity contribution >= 4 is 11.7 Å². The molecule has 1 aromatic carbocycles. The van der Waals surface area contributed by atoms with Gasteiger partial charge >= 0.3 is 6.03 Å². The Hall–Kier alpha value is -2.44.